The zero-order valence-corrected chi connectivity index (χ0v) is 31.8. The van der Waals surface area contributed by atoms with Gasteiger partial charge in [0.2, 0.25) is 0 Å². The first-order chi connectivity index (χ1) is 24.3. The molecule has 5 aromatic rings. The van der Waals surface area contributed by atoms with Gasteiger partial charge in [0.1, 0.15) is 0 Å². The Morgan fingerprint density at radius 2 is 0.840 bits per heavy atom. The highest BCUT2D eigenvalue weighted by Gasteiger charge is 2.31. The van der Waals surface area contributed by atoms with E-state index in [1.165, 1.54) is 168 Å². The Morgan fingerprint density at radius 1 is 0.480 bits per heavy atom. The van der Waals surface area contributed by atoms with Crippen LogP contribution in [0.1, 0.15) is 153 Å². The summed E-state index contributed by atoms with van der Waals surface area (Å²) in [6.07, 6.45) is 21.2. The van der Waals surface area contributed by atoms with Crippen LogP contribution < -0.4 is 0 Å². The van der Waals surface area contributed by atoms with Gasteiger partial charge in [-0.2, -0.15) is 0 Å². The van der Waals surface area contributed by atoms with E-state index >= 15 is 0 Å². The Labute approximate surface area is 303 Å². The minimum absolute atomic E-state index is 0.437. The summed E-state index contributed by atoms with van der Waals surface area (Å²) in [6, 6.07) is 19.1. The molecule has 0 unspecified atom stereocenters. The van der Waals surface area contributed by atoms with Crippen LogP contribution in [0.2, 0.25) is 0 Å². The number of fused-ring (bicyclic) bond motifs is 2. The second-order valence-electron chi connectivity index (χ2n) is 15.4. The molecule has 50 heavy (non-hydrogen) atoms. The van der Waals surface area contributed by atoms with Crippen LogP contribution >= 0.6 is 0 Å². The van der Waals surface area contributed by atoms with Crippen molar-refractivity contribution in [2.45, 2.75) is 136 Å². The van der Waals surface area contributed by atoms with Gasteiger partial charge in [0.25, 0.3) is 0 Å². The van der Waals surface area contributed by atoms with E-state index < -0.39 is 0 Å². The lowest BCUT2D eigenvalue weighted by Crippen LogP contribution is -2.34. The summed E-state index contributed by atoms with van der Waals surface area (Å²) in [5, 5.41) is 10.5. The maximum absolute atomic E-state index is 4.84. The smallest absolute Gasteiger partial charge is 0.0420 e. The lowest BCUT2D eigenvalue weighted by atomic mass is 9.81. The van der Waals surface area contributed by atoms with Gasteiger partial charge in [-0.25, -0.2) is 0 Å². The summed E-state index contributed by atoms with van der Waals surface area (Å²) in [6.45, 7) is 27.3. The molecule has 0 radical (unpaired) electrons. The van der Waals surface area contributed by atoms with Crippen LogP contribution in [0.15, 0.2) is 74.8 Å². The molecule has 1 aliphatic heterocycles. The van der Waals surface area contributed by atoms with Gasteiger partial charge in [0.05, 0.1) is 0 Å². The molecule has 0 aromatic heterocycles. The van der Waals surface area contributed by atoms with Crippen LogP contribution in [-0.4, -0.2) is 10.9 Å². The summed E-state index contributed by atoms with van der Waals surface area (Å²) in [7, 11) is 0. The maximum atomic E-state index is 4.84. The Kier molecular flexibility index (Phi) is 11.5. The van der Waals surface area contributed by atoms with Crippen molar-refractivity contribution in [3.63, 3.8) is 0 Å². The van der Waals surface area contributed by atoms with Crippen LogP contribution in [0.25, 0.3) is 65.6 Å². The molecule has 0 saturated heterocycles. The highest BCUT2D eigenvalue weighted by Crippen LogP contribution is 2.50. The van der Waals surface area contributed by atoms with Crippen LogP contribution in [0, 0.1) is 0 Å². The number of benzene rings is 5. The van der Waals surface area contributed by atoms with Crippen molar-refractivity contribution < 1.29 is 0 Å². The number of nitrogens with zero attached hydrogens (tertiary/aromatic N) is 1. The standard InChI is InChI=1S/C49H61N/c1-9-11-13-15-17-19-21-23-37(24-22-20-18-16-14-12-10-2)50-35(7)40-27-31-44-42-29-25-38(33(3)4)46-39(34(5)6)26-30-43(48(42)46)45-32-28-41(36(50)8)47(40)49(44)45/h25-32,37H,3,5,7-24H2,1-2,4,6H3. The van der Waals surface area contributed by atoms with Gasteiger partial charge in [-0.1, -0.05) is 190 Å². The molecule has 0 N–H and O–H groups in total. The van der Waals surface area contributed by atoms with Gasteiger partial charge < -0.3 is 4.90 Å². The summed E-state index contributed by atoms with van der Waals surface area (Å²) >= 11 is 0. The summed E-state index contributed by atoms with van der Waals surface area (Å²) in [4.78, 5) is 2.56. The highest BCUT2D eigenvalue weighted by molar-refractivity contribution is 6.36. The third kappa shape index (κ3) is 6.78. The number of allylic oxidation sites excluding steroid dienone is 2. The fourth-order valence-corrected chi connectivity index (χ4v) is 9.02. The largest absolute Gasteiger partial charge is 0.338 e. The molecule has 0 bridgehead atoms. The first-order valence-electron chi connectivity index (χ1n) is 20.0. The molecule has 0 saturated carbocycles. The van der Waals surface area contributed by atoms with Crippen molar-refractivity contribution in [1.29, 1.82) is 0 Å². The monoisotopic (exact) mass is 663 g/mol. The number of rotatable bonds is 19. The molecule has 0 fully saturated rings. The molecule has 1 heterocycles. The Bertz CT molecular complexity index is 1900. The van der Waals surface area contributed by atoms with Crippen molar-refractivity contribution in [2.75, 3.05) is 0 Å². The molecule has 1 aliphatic rings. The number of hydrogen-bond acceptors (Lipinski definition) is 1. The van der Waals surface area contributed by atoms with Crippen LogP contribution in [0.3, 0.4) is 0 Å². The predicted octanol–water partition coefficient (Wildman–Crippen LogP) is 15.7. The van der Waals surface area contributed by atoms with Crippen molar-refractivity contribution in [3.05, 3.63) is 97.1 Å². The molecule has 5 aromatic carbocycles. The molecule has 6 rings (SSSR count). The number of hydrogen-bond donors (Lipinski definition) is 0. The van der Waals surface area contributed by atoms with E-state index in [0.29, 0.717) is 6.04 Å². The summed E-state index contributed by atoms with van der Waals surface area (Å²) in [5.41, 5.74) is 9.40. The van der Waals surface area contributed by atoms with Gasteiger partial charge in [-0.05, 0) is 75.5 Å². The molecule has 0 aliphatic carbocycles. The second-order valence-corrected chi connectivity index (χ2v) is 15.4. The molecule has 0 spiro atoms. The van der Waals surface area contributed by atoms with Gasteiger partial charge in [-0.15, -0.1) is 0 Å². The van der Waals surface area contributed by atoms with Gasteiger partial charge in [0, 0.05) is 33.9 Å². The summed E-state index contributed by atoms with van der Waals surface area (Å²) in [5.74, 6) is 0. The Balaban J connectivity index is 1.38. The van der Waals surface area contributed by atoms with Gasteiger partial charge in [0.15, 0.2) is 0 Å². The van der Waals surface area contributed by atoms with E-state index in [4.69, 9.17) is 13.2 Å². The predicted molar refractivity (Wildman–Crippen MR) is 226 cm³/mol. The summed E-state index contributed by atoms with van der Waals surface area (Å²) < 4.78 is 0. The normalized spacial score (nSPS) is 13.3. The van der Waals surface area contributed by atoms with Crippen molar-refractivity contribution >= 4 is 65.6 Å². The Morgan fingerprint density at radius 3 is 1.24 bits per heavy atom. The van der Waals surface area contributed by atoms with E-state index in [2.05, 4.69) is 94.3 Å². The fourth-order valence-electron chi connectivity index (χ4n) is 9.02. The fraction of sp³-hybridized carbons (Fsp3) is 0.429. The minimum atomic E-state index is 0.437. The second kappa shape index (κ2) is 16.0. The molecular formula is C49H61N. The number of unbranched alkanes of at least 4 members (excludes halogenated alkanes) is 12. The molecular weight excluding hydrogens is 603 g/mol. The van der Waals surface area contributed by atoms with Gasteiger partial charge >= 0.3 is 0 Å². The zero-order valence-electron chi connectivity index (χ0n) is 31.8. The van der Waals surface area contributed by atoms with Gasteiger partial charge in [-0.3, -0.25) is 0 Å². The van der Waals surface area contributed by atoms with Crippen LogP contribution in [-0.2, 0) is 0 Å². The third-order valence-corrected chi connectivity index (χ3v) is 11.7. The average Bonchev–Trinajstić information content (AvgIpc) is 3.11. The molecule has 0 atom stereocenters. The average molecular weight is 664 g/mol. The van der Waals surface area contributed by atoms with Crippen molar-refractivity contribution in [1.82, 2.24) is 4.90 Å². The van der Waals surface area contributed by atoms with E-state index in [1.54, 1.807) is 0 Å². The van der Waals surface area contributed by atoms with E-state index in [1.807, 2.05) is 0 Å². The van der Waals surface area contributed by atoms with E-state index in [-0.39, 0.29) is 0 Å². The van der Waals surface area contributed by atoms with Crippen LogP contribution in [0.4, 0.5) is 0 Å². The minimum Gasteiger partial charge on any atom is -0.338 e. The highest BCUT2D eigenvalue weighted by atomic mass is 15.2. The third-order valence-electron chi connectivity index (χ3n) is 11.7. The lowest BCUT2D eigenvalue weighted by molar-refractivity contribution is 0.331. The van der Waals surface area contributed by atoms with E-state index in [0.717, 1.165) is 22.5 Å². The first kappa shape index (κ1) is 36.0. The molecule has 262 valence electrons. The topological polar surface area (TPSA) is 3.24 Å². The molecule has 0 amide bonds. The quantitative estimate of drug-likeness (QED) is 0.0483. The SMILES string of the molecule is C=C(C)c1ccc2c3ccc4c5c(ccc(c6ccc(C(=C)C)c1c26)c53)C(=C)N(C(CCCCCCCCC)CCCCCCCCC)C4=C. The van der Waals surface area contributed by atoms with E-state index in [9.17, 15) is 0 Å². The van der Waals surface area contributed by atoms with Crippen LogP contribution in [0.5, 0.6) is 0 Å². The Hall–Kier alpha value is -3.84. The first-order valence-corrected chi connectivity index (χ1v) is 20.0. The zero-order chi connectivity index (χ0) is 35.4. The maximum Gasteiger partial charge on any atom is 0.0420 e. The lowest BCUT2D eigenvalue weighted by Gasteiger charge is -2.41. The van der Waals surface area contributed by atoms with Crippen molar-refractivity contribution in [3.8, 4) is 0 Å². The van der Waals surface area contributed by atoms with Crippen molar-refractivity contribution in [2.24, 2.45) is 0 Å². The molecule has 1 heteroatoms. The molecule has 1 nitrogen and oxygen atoms in total.